The molecular weight excluding hydrogens is 444 g/mol. The quantitative estimate of drug-likeness (QED) is 0.247. The maximum atomic E-state index is 13.3. The minimum atomic E-state index is -0.978. The van der Waals surface area contributed by atoms with Gasteiger partial charge in [-0.25, -0.2) is 4.79 Å². The third-order valence-corrected chi connectivity index (χ3v) is 5.90. The van der Waals surface area contributed by atoms with Crippen molar-refractivity contribution in [2.75, 3.05) is 4.90 Å². The van der Waals surface area contributed by atoms with E-state index in [-0.39, 0.29) is 23.0 Å². The third-order valence-electron chi connectivity index (χ3n) is 5.90. The molecule has 1 atom stereocenters. The van der Waals surface area contributed by atoms with Gasteiger partial charge in [-0.3, -0.25) is 19.5 Å². The van der Waals surface area contributed by atoms with Crippen molar-refractivity contribution in [3.8, 4) is 0 Å². The van der Waals surface area contributed by atoms with Crippen molar-refractivity contribution in [2.24, 2.45) is 0 Å². The summed E-state index contributed by atoms with van der Waals surface area (Å²) in [5.41, 5.74) is 3.31. The zero-order valence-corrected chi connectivity index (χ0v) is 20.0. The molecule has 1 N–H and O–H groups in total. The lowest BCUT2D eigenvalue weighted by atomic mass is 9.96. The van der Waals surface area contributed by atoms with Crippen LogP contribution in [-0.4, -0.2) is 33.9 Å². The van der Waals surface area contributed by atoms with Gasteiger partial charge in [-0.1, -0.05) is 24.3 Å². The second-order valence-electron chi connectivity index (χ2n) is 8.73. The third kappa shape index (κ3) is 4.57. The van der Waals surface area contributed by atoms with Crippen LogP contribution in [0.25, 0.3) is 5.76 Å². The van der Waals surface area contributed by atoms with E-state index in [0.29, 0.717) is 16.9 Å². The fraction of sp³-hybridized carbons (Fsp3) is 0.214. The Morgan fingerprint density at radius 3 is 2.40 bits per heavy atom. The van der Waals surface area contributed by atoms with Crippen molar-refractivity contribution >= 4 is 29.1 Å². The smallest absolute Gasteiger partial charge is 0.338 e. The average Bonchev–Trinajstić information content (AvgIpc) is 3.11. The molecule has 0 spiro atoms. The number of amides is 1. The van der Waals surface area contributed by atoms with Crippen molar-refractivity contribution < 1.29 is 24.2 Å². The van der Waals surface area contributed by atoms with Crippen molar-refractivity contribution in [3.63, 3.8) is 0 Å². The number of ketones is 1. The number of pyridine rings is 1. The van der Waals surface area contributed by atoms with Gasteiger partial charge < -0.3 is 9.84 Å². The topological polar surface area (TPSA) is 96.8 Å². The summed E-state index contributed by atoms with van der Waals surface area (Å²) < 4.78 is 5.28. The molecule has 2 aromatic carbocycles. The minimum Gasteiger partial charge on any atom is -0.507 e. The maximum absolute atomic E-state index is 13.3. The number of anilines is 1. The first kappa shape index (κ1) is 23.9. The SMILES string of the molecule is Cc1ccc(/C(O)=C2\C(=O)C(=O)N(c3cccc(C(=O)OC(C)C)c3)C2c2ccccn2)cc1C. The molecule has 7 nitrogen and oxygen atoms in total. The number of ether oxygens (including phenoxy) is 1. The van der Waals surface area contributed by atoms with E-state index < -0.39 is 23.7 Å². The number of nitrogens with zero attached hydrogens (tertiary/aromatic N) is 2. The molecule has 1 saturated heterocycles. The van der Waals surface area contributed by atoms with E-state index in [4.69, 9.17) is 4.74 Å². The molecule has 4 rings (SSSR count). The molecule has 2 heterocycles. The van der Waals surface area contributed by atoms with Gasteiger partial charge in [0, 0.05) is 17.4 Å². The molecule has 1 amide bonds. The van der Waals surface area contributed by atoms with E-state index >= 15 is 0 Å². The average molecular weight is 471 g/mol. The Balaban J connectivity index is 1.89. The molecule has 178 valence electrons. The predicted molar refractivity (Wildman–Crippen MR) is 132 cm³/mol. The summed E-state index contributed by atoms with van der Waals surface area (Å²) in [6.45, 7) is 7.34. The van der Waals surface area contributed by atoms with Crippen LogP contribution in [0.4, 0.5) is 5.69 Å². The minimum absolute atomic E-state index is 0.0629. The zero-order valence-electron chi connectivity index (χ0n) is 20.0. The second kappa shape index (κ2) is 9.54. The molecule has 1 aromatic heterocycles. The van der Waals surface area contributed by atoms with Gasteiger partial charge in [-0.05, 0) is 75.2 Å². The Kier molecular flexibility index (Phi) is 6.51. The Bertz CT molecular complexity index is 1340. The van der Waals surface area contributed by atoms with Crippen LogP contribution in [0.15, 0.2) is 72.4 Å². The lowest BCUT2D eigenvalue weighted by molar-refractivity contribution is -0.132. The van der Waals surface area contributed by atoms with Crippen LogP contribution in [0.5, 0.6) is 0 Å². The number of hydrogen-bond donors (Lipinski definition) is 1. The van der Waals surface area contributed by atoms with Crippen LogP contribution < -0.4 is 4.90 Å². The van der Waals surface area contributed by atoms with Gasteiger partial charge in [0.1, 0.15) is 11.8 Å². The van der Waals surface area contributed by atoms with Gasteiger partial charge in [0.05, 0.1) is 22.9 Å². The normalized spacial score (nSPS) is 17.2. The lowest BCUT2D eigenvalue weighted by Crippen LogP contribution is -2.30. The number of hydrogen-bond acceptors (Lipinski definition) is 6. The summed E-state index contributed by atoms with van der Waals surface area (Å²) in [4.78, 5) is 44.7. The summed E-state index contributed by atoms with van der Waals surface area (Å²) in [7, 11) is 0. The molecule has 35 heavy (non-hydrogen) atoms. The molecule has 0 saturated carbocycles. The van der Waals surface area contributed by atoms with Crippen LogP contribution in [-0.2, 0) is 14.3 Å². The molecule has 0 bridgehead atoms. The largest absolute Gasteiger partial charge is 0.507 e. The predicted octanol–water partition coefficient (Wildman–Crippen LogP) is 4.89. The molecule has 1 aliphatic heterocycles. The molecule has 0 aliphatic carbocycles. The highest BCUT2D eigenvalue weighted by molar-refractivity contribution is 6.51. The number of aromatic nitrogens is 1. The summed E-state index contributed by atoms with van der Waals surface area (Å²) in [5.74, 6) is -2.46. The van der Waals surface area contributed by atoms with Crippen molar-refractivity contribution in [1.82, 2.24) is 4.98 Å². The number of Topliss-reactive ketones (excluding diaryl/α,β-unsaturated/α-hetero) is 1. The number of rotatable bonds is 5. The van der Waals surface area contributed by atoms with Crippen LogP contribution in [0.1, 0.15) is 52.6 Å². The zero-order chi connectivity index (χ0) is 25.3. The van der Waals surface area contributed by atoms with Crippen LogP contribution in [0.2, 0.25) is 0 Å². The number of aliphatic hydroxyl groups is 1. The molecular formula is C28H26N2O5. The van der Waals surface area contributed by atoms with E-state index in [1.807, 2.05) is 19.9 Å². The lowest BCUT2D eigenvalue weighted by Gasteiger charge is -2.25. The molecule has 1 unspecified atom stereocenters. The van der Waals surface area contributed by atoms with Gasteiger partial charge in [0.2, 0.25) is 0 Å². The highest BCUT2D eigenvalue weighted by Gasteiger charge is 2.47. The van der Waals surface area contributed by atoms with Gasteiger partial charge in [-0.2, -0.15) is 0 Å². The molecule has 0 radical (unpaired) electrons. The van der Waals surface area contributed by atoms with Crippen molar-refractivity contribution in [2.45, 2.75) is 39.8 Å². The Hall–Kier alpha value is -4.26. The van der Waals surface area contributed by atoms with Crippen molar-refractivity contribution in [1.29, 1.82) is 0 Å². The molecule has 1 fully saturated rings. The number of carbonyl (C=O) groups excluding carboxylic acids is 3. The second-order valence-corrected chi connectivity index (χ2v) is 8.73. The standard InChI is InChI=1S/C28H26N2O5/c1-16(2)35-28(34)20-8-7-9-21(15-20)30-24(22-10-5-6-13-29-22)23(26(32)27(30)33)25(31)19-12-11-17(3)18(4)14-19/h5-16,24,31H,1-4H3/b25-23+. The summed E-state index contributed by atoms with van der Waals surface area (Å²) in [5, 5.41) is 11.2. The van der Waals surface area contributed by atoms with Crippen LogP contribution in [0, 0.1) is 13.8 Å². The van der Waals surface area contributed by atoms with Gasteiger partial charge in [0.25, 0.3) is 11.7 Å². The van der Waals surface area contributed by atoms with E-state index in [0.717, 1.165) is 11.1 Å². The Morgan fingerprint density at radius 2 is 1.74 bits per heavy atom. The number of carbonyl (C=O) groups is 3. The highest BCUT2D eigenvalue weighted by atomic mass is 16.5. The van der Waals surface area contributed by atoms with E-state index in [2.05, 4.69) is 4.98 Å². The molecule has 7 heteroatoms. The first-order valence-electron chi connectivity index (χ1n) is 11.3. The maximum Gasteiger partial charge on any atom is 0.338 e. The first-order chi connectivity index (χ1) is 16.7. The number of aliphatic hydroxyl groups excluding tert-OH is 1. The fourth-order valence-corrected chi connectivity index (χ4v) is 4.03. The van der Waals surface area contributed by atoms with Crippen molar-refractivity contribution in [3.05, 3.63) is 100 Å². The summed E-state index contributed by atoms with van der Waals surface area (Å²) in [6, 6.07) is 15.8. The first-order valence-corrected chi connectivity index (χ1v) is 11.3. The Morgan fingerprint density at radius 1 is 0.971 bits per heavy atom. The highest BCUT2D eigenvalue weighted by Crippen LogP contribution is 2.41. The van der Waals surface area contributed by atoms with Gasteiger partial charge >= 0.3 is 5.97 Å². The Labute approximate surface area is 203 Å². The van der Waals surface area contributed by atoms with E-state index in [1.165, 1.54) is 11.0 Å². The van der Waals surface area contributed by atoms with Crippen LogP contribution in [0.3, 0.4) is 0 Å². The monoisotopic (exact) mass is 470 g/mol. The molecule has 3 aromatic rings. The van der Waals surface area contributed by atoms with E-state index in [9.17, 15) is 19.5 Å². The summed E-state index contributed by atoms with van der Waals surface area (Å²) in [6.07, 6.45) is 1.24. The van der Waals surface area contributed by atoms with E-state index in [1.54, 1.807) is 68.6 Å². The number of esters is 1. The fourth-order valence-electron chi connectivity index (χ4n) is 4.03. The van der Waals surface area contributed by atoms with Gasteiger partial charge in [-0.15, -0.1) is 0 Å². The molecule has 1 aliphatic rings. The van der Waals surface area contributed by atoms with Gasteiger partial charge in [0.15, 0.2) is 0 Å². The number of aryl methyl sites for hydroxylation is 2. The summed E-state index contributed by atoms with van der Waals surface area (Å²) >= 11 is 0. The number of benzene rings is 2. The van der Waals surface area contributed by atoms with Crippen LogP contribution >= 0.6 is 0 Å².